The fraction of sp³-hybridized carbons (Fsp3) is 0.500. The van der Waals surface area contributed by atoms with Gasteiger partial charge in [0.2, 0.25) is 0 Å². The molecule has 4 nitrogen and oxygen atoms in total. The summed E-state index contributed by atoms with van der Waals surface area (Å²) in [6.45, 7) is 9.43. The lowest BCUT2D eigenvalue weighted by Crippen LogP contribution is -2.22. The Morgan fingerprint density at radius 1 is 1.23 bits per heavy atom. The van der Waals surface area contributed by atoms with Crippen LogP contribution in [-0.4, -0.2) is 39.3 Å². The van der Waals surface area contributed by atoms with E-state index in [1.165, 1.54) is 23.3 Å². The lowest BCUT2D eigenvalue weighted by molar-refractivity contribution is 0.284. The quantitative estimate of drug-likeness (QED) is 0.727. The molecule has 26 heavy (non-hydrogen) atoms. The molecule has 1 saturated heterocycles. The van der Waals surface area contributed by atoms with Gasteiger partial charge in [-0.2, -0.15) is 0 Å². The van der Waals surface area contributed by atoms with Crippen LogP contribution in [0.25, 0.3) is 10.4 Å². The highest BCUT2D eigenvalue weighted by atomic mass is 32.2. The van der Waals surface area contributed by atoms with Gasteiger partial charge in [-0.25, -0.2) is 8.42 Å². The number of hydrogen-bond acceptors (Lipinski definition) is 5. The standard InChI is InChI=1S/C20H27NO3S2/c1-5-26(22,23)19-9-8-18(25-19)16-12-15(6-7-17(16)24-4)13-21-11-10-20(2,3)14-21/h6-9,12H,5,10-11,13-14H2,1-4H3. The highest BCUT2D eigenvalue weighted by Gasteiger charge is 2.29. The summed E-state index contributed by atoms with van der Waals surface area (Å²) in [7, 11) is -1.53. The van der Waals surface area contributed by atoms with Crippen LogP contribution in [-0.2, 0) is 16.4 Å². The van der Waals surface area contributed by atoms with Crippen LogP contribution in [0.4, 0.5) is 0 Å². The first-order valence-electron chi connectivity index (χ1n) is 8.96. The third kappa shape index (κ3) is 4.13. The van der Waals surface area contributed by atoms with E-state index in [4.69, 9.17) is 4.74 Å². The van der Waals surface area contributed by atoms with Gasteiger partial charge in [0.1, 0.15) is 9.96 Å². The van der Waals surface area contributed by atoms with E-state index in [0.29, 0.717) is 9.62 Å². The molecule has 1 aromatic carbocycles. The Morgan fingerprint density at radius 2 is 2.00 bits per heavy atom. The zero-order chi connectivity index (χ0) is 18.9. The molecule has 0 atom stereocenters. The van der Waals surface area contributed by atoms with Crippen molar-refractivity contribution >= 4 is 21.2 Å². The smallest absolute Gasteiger partial charge is 0.187 e. The van der Waals surface area contributed by atoms with Crippen LogP contribution in [0.1, 0.15) is 32.8 Å². The third-order valence-electron chi connectivity index (χ3n) is 4.96. The van der Waals surface area contributed by atoms with Crippen LogP contribution in [0.3, 0.4) is 0 Å². The van der Waals surface area contributed by atoms with E-state index in [-0.39, 0.29) is 5.75 Å². The number of hydrogen-bond donors (Lipinski definition) is 0. The number of benzene rings is 1. The summed E-state index contributed by atoms with van der Waals surface area (Å²) in [5.41, 5.74) is 2.57. The van der Waals surface area contributed by atoms with Crippen molar-refractivity contribution in [2.75, 3.05) is 26.0 Å². The SMILES string of the molecule is CCS(=O)(=O)c1ccc(-c2cc(CN3CCC(C)(C)C3)ccc2OC)s1. The van der Waals surface area contributed by atoms with Crippen molar-refractivity contribution in [3.05, 3.63) is 35.9 Å². The molecule has 3 rings (SSSR count). The molecule has 0 radical (unpaired) electrons. The Morgan fingerprint density at radius 3 is 2.62 bits per heavy atom. The minimum Gasteiger partial charge on any atom is -0.496 e. The van der Waals surface area contributed by atoms with Crippen LogP contribution in [0.5, 0.6) is 5.75 Å². The molecule has 1 aliphatic rings. The van der Waals surface area contributed by atoms with E-state index in [1.807, 2.05) is 12.1 Å². The lowest BCUT2D eigenvalue weighted by Gasteiger charge is -2.20. The van der Waals surface area contributed by atoms with E-state index >= 15 is 0 Å². The predicted molar refractivity (Wildman–Crippen MR) is 108 cm³/mol. The van der Waals surface area contributed by atoms with Crippen molar-refractivity contribution in [2.45, 2.75) is 37.9 Å². The summed E-state index contributed by atoms with van der Waals surface area (Å²) in [5, 5.41) is 0. The molecule has 0 bridgehead atoms. The molecule has 6 heteroatoms. The first kappa shape index (κ1) is 19.4. The summed E-state index contributed by atoms with van der Waals surface area (Å²) >= 11 is 1.32. The maximum atomic E-state index is 12.1. The molecule has 0 N–H and O–H groups in total. The number of likely N-dealkylation sites (tertiary alicyclic amines) is 1. The molecule has 142 valence electrons. The summed E-state index contributed by atoms with van der Waals surface area (Å²) < 4.78 is 30.2. The monoisotopic (exact) mass is 393 g/mol. The first-order chi connectivity index (χ1) is 12.2. The molecule has 0 spiro atoms. The molecular formula is C20H27NO3S2. The number of rotatable bonds is 6. The van der Waals surface area contributed by atoms with Gasteiger partial charge in [0.15, 0.2) is 9.84 Å². The molecule has 0 unspecified atom stereocenters. The fourth-order valence-corrected chi connectivity index (χ4v) is 5.89. The maximum absolute atomic E-state index is 12.1. The number of ether oxygens (including phenoxy) is 1. The number of thiophene rings is 1. The van der Waals surface area contributed by atoms with E-state index < -0.39 is 9.84 Å². The minimum atomic E-state index is -3.18. The zero-order valence-electron chi connectivity index (χ0n) is 15.9. The second-order valence-electron chi connectivity index (χ2n) is 7.68. The van der Waals surface area contributed by atoms with Gasteiger partial charge in [-0.05, 0) is 48.2 Å². The number of methoxy groups -OCH3 is 1. The molecule has 0 aliphatic carbocycles. The Kier molecular flexibility index (Phi) is 5.47. The zero-order valence-corrected chi connectivity index (χ0v) is 17.5. The van der Waals surface area contributed by atoms with Crippen molar-refractivity contribution < 1.29 is 13.2 Å². The van der Waals surface area contributed by atoms with Crippen molar-refractivity contribution in [1.82, 2.24) is 4.90 Å². The topological polar surface area (TPSA) is 46.6 Å². The van der Waals surface area contributed by atoms with E-state index in [1.54, 1.807) is 20.1 Å². The van der Waals surface area contributed by atoms with Crippen LogP contribution < -0.4 is 4.74 Å². The molecule has 1 aliphatic heterocycles. The Bertz CT molecular complexity index is 884. The third-order valence-corrected chi connectivity index (χ3v) is 8.39. The van der Waals surface area contributed by atoms with Gasteiger partial charge in [0, 0.05) is 23.5 Å². The fourth-order valence-electron chi connectivity index (χ4n) is 3.44. The van der Waals surface area contributed by atoms with Crippen molar-refractivity contribution in [3.8, 4) is 16.2 Å². The lowest BCUT2D eigenvalue weighted by atomic mass is 9.93. The van der Waals surface area contributed by atoms with Crippen LogP contribution in [0, 0.1) is 5.41 Å². The summed E-state index contributed by atoms with van der Waals surface area (Å²) in [5.74, 6) is 0.896. The highest BCUT2D eigenvalue weighted by molar-refractivity contribution is 7.93. The number of nitrogens with zero attached hydrogens (tertiary/aromatic N) is 1. The van der Waals surface area contributed by atoms with E-state index in [0.717, 1.165) is 35.8 Å². The largest absolute Gasteiger partial charge is 0.496 e. The molecule has 1 aromatic heterocycles. The summed E-state index contributed by atoms with van der Waals surface area (Å²) in [6.07, 6.45) is 1.22. The molecule has 2 aromatic rings. The molecule has 1 fully saturated rings. The highest BCUT2D eigenvalue weighted by Crippen LogP contribution is 2.38. The molecule has 0 saturated carbocycles. The van der Waals surface area contributed by atoms with Crippen molar-refractivity contribution in [2.24, 2.45) is 5.41 Å². The van der Waals surface area contributed by atoms with Crippen molar-refractivity contribution in [1.29, 1.82) is 0 Å². The molecule has 0 amide bonds. The van der Waals surface area contributed by atoms with E-state index in [2.05, 4.69) is 30.9 Å². The number of sulfone groups is 1. The van der Waals surface area contributed by atoms with Crippen LogP contribution in [0.2, 0.25) is 0 Å². The van der Waals surface area contributed by atoms with Crippen LogP contribution >= 0.6 is 11.3 Å². The second kappa shape index (κ2) is 7.33. The van der Waals surface area contributed by atoms with Gasteiger partial charge < -0.3 is 4.74 Å². The van der Waals surface area contributed by atoms with Gasteiger partial charge in [-0.1, -0.05) is 26.8 Å². The van der Waals surface area contributed by atoms with Gasteiger partial charge in [0.25, 0.3) is 0 Å². The Hall–Kier alpha value is -1.37. The van der Waals surface area contributed by atoms with E-state index in [9.17, 15) is 8.42 Å². The van der Waals surface area contributed by atoms with Gasteiger partial charge >= 0.3 is 0 Å². The first-order valence-corrected chi connectivity index (χ1v) is 11.4. The second-order valence-corrected chi connectivity index (χ2v) is 11.3. The Balaban J connectivity index is 1.89. The Labute approximate surface area is 160 Å². The predicted octanol–water partition coefficient (Wildman–Crippen LogP) is 4.45. The average molecular weight is 394 g/mol. The average Bonchev–Trinajstić information content (AvgIpc) is 3.22. The summed E-state index contributed by atoms with van der Waals surface area (Å²) in [6, 6.07) is 9.81. The minimum absolute atomic E-state index is 0.120. The maximum Gasteiger partial charge on any atom is 0.187 e. The van der Waals surface area contributed by atoms with Gasteiger partial charge in [-0.15, -0.1) is 11.3 Å². The molecule has 2 heterocycles. The van der Waals surface area contributed by atoms with Crippen molar-refractivity contribution in [3.63, 3.8) is 0 Å². The van der Waals surface area contributed by atoms with Crippen LogP contribution in [0.15, 0.2) is 34.5 Å². The summed E-state index contributed by atoms with van der Waals surface area (Å²) in [4.78, 5) is 3.41. The molecular weight excluding hydrogens is 366 g/mol. The van der Waals surface area contributed by atoms with Gasteiger partial charge in [-0.3, -0.25) is 4.90 Å². The normalized spacial score (nSPS) is 17.5. The van der Waals surface area contributed by atoms with Gasteiger partial charge in [0.05, 0.1) is 12.9 Å².